The average Bonchev–Trinajstić information content (AvgIpc) is 2.32. The Bertz CT molecular complexity index is 604. The normalized spacial score (nSPS) is 12.5. The number of hydrogen-bond donors (Lipinski definition) is 1. The number of halogens is 4. The molecule has 0 amide bonds. The van der Waals surface area contributed by atoms with Gasteiger partial charge in [0.25, 0.3) is 0 Å². The van der Waals surface area contributed by atoms with Crippen molar-refractivity contribution < 1.29 is 4.39 Å². The van der Waals surface area contributed by atoms with E-state index in [0.717, 1.165) is 10.0 Å². The first kappa shape index (κ1) is 15.0. The zero-order valence-electron chi connectivity index (χ0n) is 9.84. The minimum Gasteiger partial charge on any atom is -0.324 e. The monoisotopic (exact) mass is 405 g/mol. The molecule has 0 aliphatic rings. The lowest BCUT2D eigenvalue weighted by atomic mass is 9.99. The van der Waals surface area contributed by atoms with Crippen molar-refractivity contribution in [3.8, 4) is 0 Å². The summed E-state index contributed by atoms with van der Waals surface area (Å²) in [7, 11) is 0. The molecule has 2 aromatic carbocycles. The summed E-state index contributed by atoms with van der Waals surface area (Å²) in [5, 5.41) is 0.583. The Kier molecular flexibility index (Phi) is 5.01. The van der Waals surface area contributed by atoms with Crippen LogP contribution in [0.2, 0.25) is 5.02 Å². The molecule has 1 unspecified atom stereocenters. The van der Waals surface area contributed by atoms with Crippen LogP contribution in [0.25, 0.3) is 0 Å². The predicted octanol–water partition coefficient (Wildman–Crippen LogP) is 5.25. The molecular weight excluding hydrogens is 396 g/mol. The van der Waals surface area contributed by atoms with Crippen molar-refractivity contribution in [3.05, 3.63) is 67.3 Å². The molecule has 2 aromatic rings. The van der Waals surface area contributed by atoms with Crippen molar-refractivity contribution in [3.63, 3.8) is 0 Å². The third-order valence-electron chi connectivity index (χ3n) is 2.82. The Morgan fingerprint density at radius 1 is 1.11 bits per heavy atom. The Morgan fingerprint density at radius 2 is 1.74 bits per heavy atom. The third kappa shape index (κ3) is 3.78. The van der Waals surface area contributed by atoms with Crippen LogP contribution in [0.4, 0.5) is 4.39 Å². The maximum absolute atomic E-state index is 13.8. The van der Waals surface area contributed by atoms with Gasteiger partial charge in [-0.1, -0.05) is 55.6 Å². The highest BCUT2D eigenvalue weighted by Crippen LogP contribution is 2.28. The summed E-state index contributed by atoms with van der Waals surface area (Å²) in [4.78, 5) is 0. The molecule has 1 nitrogen and oxygen atoms in total. The number of benzene rings is 2. The fourth-order valence-electron chi connectivity index (χ4n) is 1.84. The zero-order valence-corrected chi connectivity index (χ0v) is 13.8. The molecule has 0 heterocycles. The van der Waals surface area contributed by atoms with Gasteiger partial charge in [0, 0.05) is 20.0 Å². The van der Waals surface area contributed by atoms with Gasteiger partial charge in [0.2, 0.25) is 0 Å². The van der Waals surface area contributed by atoms with Crippen LogP contribution in [-0.2, 0) is 6.42 Å². The van der Waals surface area contributed by atoms with Gasteiger partial charge in [-0.05, 0) is 41.8 Å². The first-order valence-corrected chi connectivity index (χ1v) is 7.58. The largest absolute Gasteiger partial charge is 0.324 e. The lowest BCUT2D eigenvalue weighted by Crippen LogP contribution is -2.14. The van der Waals surface area contributed by atoms with E-state index in [1.54, 1.807) is 18.2 Å². The van der Waals surface area contributed by atoms with Crippen LogP contribution in [0.15, 0.2) is 45.3 Å². The molecule has 0 aromatic heterocycles. The lowest BCUT2D eigenvalue weighted by molar-refractivity contribution is 0.592. The van der Waals surface area contributed by atoms with Crippen molar-refractivity contribution >= 4 is 43.5 Å². The summed E-state index contributed by atoms with van der Waals surface area (Å²) in [6.45, 7) is 0. The van der Waals surface area contributed by atoms with E-state index in [1.807, 2.05) is 12.1 Å². The molecule has 5 heteroatoms. The first-order valence-electron chi connectivity index (χ1n) is 5.62. The predicted molar refractivity (Wildman–Crippen MR) is 83.9 cm³/mol. The number of rotatable bonds is 3. The molecule has 0 saturated heterocycles. The van der Waals surface area contributed by atoms with Crippen LogP contribution in [0.3, 0.4) is 0 Å². The maximum atomic E-state index is 13.8. The van der Waals surface area contributed by atoms with Crippen molar-refractivity contribution in [2.45, 2.75) is 12.5 Å². The average molecular weight is 408 g/mol. The van der Waals surface area contributed by atoms with Crippen LogP contribution in [0, 0.1) is 5.82 Å². The SMILES string of the molecule is NC(Cc1ccc(Br)cc1F)c1ccc(Br)cc1Cl. The second-order valence-corrected chi connectivity index (χ2v) is 6.45. The highest BCUT2D eigenvalue weighted by molar-refractivity contribution is 9.10. The van der Waals surface area contributed by atoms with E-state index in [1.165, 1.54) is 6.07 Å². The molecule has 0 radical (unpaired) electrons. The van der Waals surface area contributed by atoms with E-state index in [0.29, 0.717) is 21.5 Å². The number of nitrogens with two attached hydrogens (primary N) is 1. The summed E-state index contributed by atoms with van der Waals surface area (Å²) in [5.74, 6) is -0.266. The first-order chi connectivity index (χ1) is 8.97. The van der Waals surface area contributed by atoms with E-state index in [-0.39, 0.29) is 11.9 Å². The van der Waals surface area contributed by atoms with Crippen LogP contribution >= 0.6 is 43.5 Å². The van der Waals surface area contributed by atoms with E-state index in [4.69, 9.17) is 17.3 Å². The maximum Gasteiger partial charge on any atom is 0.127 e. The molecule has 2 rings (SSSR count). The molecule has 0 bridgehead atoms. The Balaban J connectivity index is 2.23. The molecule has 0 aliphatic carbocycles. The van der Waals surface area contributed by atoms with E-state index < -0.39 is 0 Å². The standard InChI is InChI=1S/C14H11Br2ClFN/c15-9-3-4-11(12(17)6-9)14(19)5-8-1-2-10(16)7-13(8)18/h1-4,6-7,14H,5,19H2. The van der Waals surface area contributed by atoms with Crippen molar-refractivity contribution in [1.82, 2.24) is 0 Å². The van der Waals surface area contributed by atoms with Crippen LogP contribution in [0.5, 0.6) is 0 Å². The summed E-state index contributed by atoms with van der Waals surface area (Å²) < 4.78 is 15.4. The van der Waals surface area contributed by atoms with Gasteiger partial charge in [0.05, 0.1) is 0 Å². The van der Waals surface area contributed by atoms with Gasteiger partial charge in [-0.15, -0.1) is 0 Å². The number of hydrogen-bond acceptors (Lipinski definition) is 1. The highest BCUT2D eigenvalue weighted by Gasteiger charge is 2.13. The van der Waals surface area contributed by atoms with E-state index >= 15 is 0 Å². The summed E-state index contributed by atoms with van der Waals surface area (Å²) in [6, 6.07) is 10.1. The van der Waals surface area contributed by atoms with Crippen molar-refractivity contribution in [1.29, 1.82) is 0 Å². The fraction of sp³-hybridized carbons (Fsp3) is 0.143. The van der Waals surface area contributed by atoms with Gasteiger partial charge in [-0.2, -0.15) is 0 Å². The molecule has 0 spiro atoms. The molecular formula is C14H11Br2ClFN. The molecule has 0 fully saturated rings. The Hall–Kier alpha value is -0.420. The van der Waals surface area contributed by atoms with Crippen LogP contribution in [-0.4, -0.2) is 0 Å². The molecule has 1 atom stereocenters. The summed E-state index contributed by atoms with van der Waals surface area (Å²) in [5.41, 5.74) is 7.50. The smallest absolute Gasteiger partial charge is 0.127 e. The van der Waals surface area contributed by atoms with Crippen molar-refractivity contribution in [2.75, 3.05) is 0 Å². The minimum atomic E-state index is -0.337. The molecule has 0 saturated carbocycles. The van der Waals surface area contributed by atoms with Gasteiger partial charge in [0.15, 0.2) is 0 Å². The second kappa shape index (κ2) is 6.35. The minimum absolute atomic E-state index is 0.266. The van der Waals surface area contributed by atoms with E-state index in [9.17, 15) is 4.39 Å². The third-order valence-corrected chi connectivity index (χ3v) is 4.13. The quantitative estimate of drug-likeness (QED) is 0.739. The van der Waals surface area contributed by atoms with Crippen LogP contribution < -0.4 is 5.73 Å². The van der Waals surface area contributed by atoms with Gasteiger partial charge >= 0.3 is 0 Å². The van der Waals surface area contributed by atoms with Crippen molar-refractivity contribution in [2.24, 2.45) is 5.73 Å². The second-order valence-electron chi connectivity index (χ2n) is 4.21. The molecule has 100 valence electrons. The zero-order chi connectivity index (χ0) is 14.0. The van der Waals surface area contributed by atoms with Crippen LogP contribution in [0.1, 0.15) is 17.2 Å². The van der Waals surface area contributed by atoms with Gasteiger partial charge in [0.1, 0.15) is 5.82 Å². The Morgan fingerprint density at radius 3 is 2.37 bits per heavy atom. The summed E-state index contributed by atoms with van der Waals surface area (Å²) in [6.07, 6.45) is 0.403. The summed E-state index contributed by atoms with van der Waals surface area (Å²) >= 11 is 12.7. The van der Waals surface area contributed by atoms with E-state index in [2.05, 4.69) is 31.9 Å². The fourth-order valence-corrected chi connectivity index (χ4v) is 2.98. The molecule has 2 N–H and O–H groups in total. The van der Waals surface area contributed by atoms with Gasteiger partial charge < -0.3 is 5.73 Å². The molecule has 19 heavy (non-hydrogen) atoms. The lowest BCUT2D eigenvalue weighted by Gasteiger charge is -2.14. The topological polar surface area (TPSA) is 26.0 Å². The Labute approximate surface area is 133 Å². The highest BCUT2D eigenvalue weighted by atomic mass is 79.9. The van der Waals surface area contributed by atoms with Gasteiger partial charge in [-0.25, -0.2) is 4.39 Å². The molecule has 0 aliphatic heterocycles. The van der Waals surface area contributed by atoms with Gasteiger partial charge in [-0.3, -0.25) is 0 Å².